The van der Waals surface area contributed by atoms with E-state index in [-0.39, 0.29) is 26.2 Å². The van der Waals surface area contributed by atoms with Crippen LogP contribution in [0.4, 0.5) is 5.69 Å². The number of sulfone groups is 1. The normalized spacial score (nSPS) is 23.9. The van der Waals surface area contributed by atoms with Crippen molar-refractivity contribution in [2.75, 3.05) is 18.0 Å². The molecule has 156 valence electrons. The second kappa shape index (κ2) is 6.07. The molecule has 3 aliphatic rings. The van der Waals surface area contributed by atoms with Crippen LogP contribution >= 0.6 is 0 Å². The highest BCUT2D eigenvalue weighted by atomic mass is 32.2. The van der Waals surface area contributed by atoms with Crippen molar-refractivity contribution < 1.29 is 13.2 Å². The minimum absolute atomic E-state index is 0.00401. The first kappa shape index (κ1) is 19.6. The summed E-state index contributed by atoms with van der Waals surface area (Å²) >= 11 is 0. The van der Waals surface area contributed by atoms with Crippen LogP contribution in [0.1, 0.15) is 67.6 Å². The second-order valence-electron chi connectivity index (χ2n) is 10.1. The molecule has 0 fully saturated rings. The lowest BCUT2D eigenvalue weighted by molar-refractivity contribution is 0.104. The zero-order valence-electron chi connectivity index (χ0n) is 18.0. The van der Waals surface area contributed by atoms with Gasteiger partial charge in [0.1, 0.15) is 4.91 Å². The van der Waals surface area contributed by atoms with E-state index in [1.807, 2.05) is 0 Å². The van der Waals surface area contributed by atoms with Gasteiger partial charge in [0.15, 0.2) is 0 Å². The number of carbonyl (C=O) groups is 1. The summed E-state index contributed by atoms with van der Waals surface area (Å²) in [5.74, 6) is -0.405. The molecule has 0 N–H and O–H groups in total. The molecule has 3 aliphatic heterocycles. The molecule has 0 atom stereocenters. The maximum absolute atomic E-state index is 13.1. The summed E-state index contributed by atoms with van der Waals surface area (Å²) in [4.78, 5) is 15.4. The Morgan fingerprint density at radius 2 is 1.50 bits per heavy atom. The predicted octanol–water partition coefficient (Wildman–Crippen LogP) is 4.87. The van der Waals surface area contributed by atoms with Gasteiger partial charge in [-0.3, -0.25) is 4.79 Å². The molecule has 0 saturated carbocycles. The van der Waals surface area contributed by atoms with Gasteiger partial charge in [0, 0.05) is 24.3 Å². The van der Waals surface area contributed by atoms with Crippen LogP contribution in [0.3, 0.4) is 0 Å². The third-order valence-corrected chi connectivity index (χ3v) is 8.97. The molecule has 0 radical (unpaired) electrons. The molecular formula is C25H27NO3S. The zero-order valence-corrected chi connectivity index (χ0v) is 18.8. The molecule has 0 unspecified atom stereocenters. The number of anilines is 1. The number of nitrogens with zero attached hydrogens (tertiary/aromatic N) is 1. The van der Waals surface area contributed by atoms with Crippen molar-refractivity contribution in [2.45, 2.75) is 56.3 Å². The van der Waals surface area contributed by atoms with Gasteiger partial charge in [-0.1, -0.05) is 39.8 Å². The molecule has 0 spiro atoms. The molecule has 2 aromatic rings. The van der Waals surface area contributed by atoms with Crippen molar-refractivity contribution in [3.05, 3.63) is 63.6 Å². The van der Waals surface area contributed by atoms with Gasteiger partial charge in [-0.05, 0) is 70.7 Å². The van der Waals surface area contributed by atoms with Crippen molar-refractivity contribution in [3.8, 4) is 0 Å². The first-order chi connectivity index (χ1) is 14.0. The summed E-state index contributed by atoms with van der Waals surface area (Å²) < 4.78 is 26.1. The van der Waals surface area contributed by atoms with Crippen molar-refractivity contribution >= 4 is 27.4 Å². The molecule has 30 heavy (non-hydrogen) atoms. The van der Waals surface area contributed by atoms with Crippen LogP contribution in [-0.4, -0.2) is 27.3 Å². The summed E-state index contributed by atoms with van der Waals surface area (Å²) in [5, 5.41) is 0. The predicted molar refractivity (Wildman–Crippen MR) is 120 cm³/mol. The Hall–Kier alpha value is -2.40. The largest absolute Gasteiger partial charge is 0.371 e. The Kier molecular flexibility index (Phi) is 3.96. The fourth-order valence-corrected chi connectivity index (χ4v) is 6.69. The Labute approximate surface area is 178 Å². The van der Waals surface area contributed by atoms with Crippen LogP contribution in [0.5, 0.6) is 0 Å². The maximum atomic E-state index is 13.1. The number of hydrogen-bond acceptors (Lipinski definition) is 4. The third kappa shape index (κ3) is 2.64. The van der Waals surface area contributed by atoms with Gasteiger partial charge in [-0.2, -0.15) is 0 Å². The van der Waals surface area contributed by atoms with E-state index in [1.165, 1.54) is 22.9 Å². The van der Waals surface area contributed by atoms with Crippen LogP contribution in [0.2, 0.25) is 0 Å². The molecule has 2 aromatic carbocycles. The van der Waals surface area contributed by atoms with Crippen LogP contribution < -0.4 is 4.90 Å². The first-order valence-corrected chi connectivity index (χ1v) is 12.1. The highest BCUT2D eigenvalue weighted by Crippen LogP contribution is 2.49. The molecular weight excluding hydrogens is 394 g/mol. The average Bonchev–Trinajstić information content (AvgIpc) is 2.88. The lowest BCUT2D eigenvalue weighted by Crippen LogP contribution is -2.44. The molecule has 5 rings (SSSR count). The number of carbonyl (C=O) groups excluding carboxylic acids is 1. The standard InChI is InChI=1S/C25H27NO3S/c1-24(2)9-11-26-12-10-25(3,4)19-14-16(13-18(24)22(19)26)15-21-23(27)17-7-5-6-8-20(17)30(21,28)29/h5-8,13-15H,9-12H2,1-4H3/b21-15-. The Morgan fingerprint density at radius 1 is 0.933 bits per heavy atom. The van der Waals surface area contributed by atoms with Crippen molar-refractivity contribution in [2.24, 2.45) is 0 Å². The quantitative estimate of drug-likeness (QED) is 0.617. The van der Waals surface area contributed by atoms with Crippen molar-refractivity contribution in [3.63, 3.8) is 0 Å². The fraction of sp³-hybridized carbons (Fsp3) is 0.400. The van der Waals surface area contributed by atoms with Gasteiger partial charge in [0.05, 0.1) is 4.90 Å². The van der Waals surface area contributed by atoms with Crippen molar-refractivity contribution in [1.82, 2.24) is 0 Å². The van der Waals surface area contributed by atoms with E-state index in [1.54, 1.807) is 24.3 Å². The van der Waals surface area contributed by atoms with Gasteiger partial charge < -0.3 is 4.90 Å². The summed E-state index contributed by atoms with van der Waals surface area (Å²) in [5.41, 5.74) is 4.91. The van der Waals surface area contributed by atoms with Gasteiger partial charge in [-0.15, -0.1) is 0 Å². The molecule has 0 amide bonds. The zero-order chi connectivity index (χ0) is 21.5. The van der Waals surface area contributed by atoms with Gasteiger partial charge in [-0.25, -0.2) is 8.42 Å². The molecule has 5 heteroatoms. The highest BCUT2D eigenvalue weighted by molar-refractivity contribution is 7.97. The van der Waals surface area contributed by atoms with E-state index in [0.717, 1.165) is 31.5 Å². The van der Waals surface area contributed by atoms with Crippen LogP contribution in [-0.2, 0) is 20.7 Å². The fourth-order valence-electron chi connectivity index (χ4n) is 5.10. The molecule has 0 saturated heterocycles. The van der Waals surface area contributed by atoms with E-state index in [2.05, 4.69) is 44.7 Å². The van der Waals surface area contributed by atoms with Crippen LogP contribution in [0.15, 0.2) is 46.2 Å². The third-order valence-electron chi connectivity index (χ3n) is 7.15. The van der Waals surface area contributed by atoms with Crippen LogP contribution in [0.25, 0.3) is 6.08 Å². The lowest BCUT2D eigenvalue weighted by Gasteiger charge is -2.48. The minimum Gasteiger partial charge on any atom is -0.371 e. The molecule has 0 aromatic heterocycles. The van der Waals surface area contributed by atoms with Gasteiger partial charge in [0.2, 0.25) is 15.6 Å². The summed E-state index contributed by atoms with van der Waals surface area (Å²) in [7, 11) is -3.79. The highest BCUT2D eigenvalue weighted by Gasteiger charge is 2.41. The number of fused-ring (bicyclic) bond motifs is 1. The monoisotopic (exact) mass is 421 g/mol. The molecule has 4 nitrogen and oxygen atoms in total. The van der Waals surface area contributed by atoms with E-state index in [4.69, 9.17) is 0 Å². The summed E-state index contributed by atoms with van der Waals surface area (Å²) in [6, 6.07) is 10.7. The number of rotatable bonds is 1. The maximum Gasteiger partial charge on any atom is 0.211 e. The number of Topliss-reactive ketones (excluding diaryl/α,β-unsaturated/α-hetero) is 1. The second-order valence-corrected chi connectivity index (χ2v) is 11.9. The van der Waals surface area contributed by atoms with Gasteiger partial charge in [0.25, 0.3) is 0 Å². The van der Waals surface area contributed by atoms with Crippen LogP contribution in [0, 0.1) is 0 Å². The number of allylic oxidation sites excluding steroid dienone is 1. The van der Waals surface area contributed by atoms with Crippen molar-refractivity contribution in [1.29, 1.82) is 0 Å². The minimum atomic E-state index is -3.79. The smallest absolute Gasteiger partial charge is 0.211 e. The molecule has 0 aliphatic carbocycles. The number of ketones is 1. The lowest BCUT2D eigenvalue weighted by atomic mass is 9.69. The van der Waals surface area contributed by atoms with E-state index in [9.17, 15) is 13.2 Å². The molecule has 3 heterocycles. The average molecular weight is 422 g/mol. The van der Waals surface area contributed by atoms with Gasteiger partial charge >= 0.3 is 0 Å². The summed E-state index contributed by atoms with van der Waals surface area (Å²) in [6.07, 6.45) is 3.71. The van der Waals surface area contributed by atoms with E-state index < -0.39 is 15.6 Å². The Balaban J connectivity index is 1.74. The first-order valence-electron chi connectivity index (χ1n) is 10.6. The Bertz CT molecular complexity index is 1190. The number of hydrogen-bond donors (Lipinski definition) is 0. The van der Waals surface area contributed by atoms with E-state index in [0.29, 0.717) is 0 Å². The SMILES string of the molecule is CC1(C)CCN2CCC(C)(C)c3cc(/C=C4/C(=O)c5ccccc5S4(=O)=O)cc1c32. The Morgan fingerprint density at radius 3 is 2.07 bits per heavy atom. The summed E-state index contributed by atoms with van der Waals surface area (Å²) in [6.45, 7) is 11.1. The van der Waals surface area contributed by atoms with E-state index >= 15 is 0 Å². The number of benzene rings is 2. The topological polar surface area (TPSA) is 54.5 Å². The molecule has 0 bridgehead atoms.